The van der Waals surface area contributed by atoms with E-state index in [1.54, 1.807) is 22.6 Å². The third-order valence-electron chi connectivity index (χ3n) is 6.35. The summed E-state index contributed by atoms with van der Waals surface area (Å²) in [6.45, 7) is 6.60. The number of nitrogens with zero attached hydrogens (tertiary/aromatic N) is 3. The van der Waals surface area contributed by atoms with E-state index in [2.05, 4.69) is 15.9 Å². The predicted octanol–water partition coefficient (Wildman–Crippen LogP) is 4.93. The second-order valence-corrected chi connectivity index (χ2v) is 11.0. The summed E-state index contributed by atoms with van der Waals surface area (Å²) in [6.07, 6.45) is 12.3. The van der Waals surface area contributed by atoms with Gasteiger partial charge in [0.25, 0.3) is 0 Å². The van der Waals surface area contributed by atoms with E-state index in [9.17, 15) is 4.79 Å². The summed E-state index contributed by atoms with van der Waals surface area (Å²) in [5.41, 5.74) is 0.787. The molecule has 1 fully saturated rings. The first-order valence-electron chi connectivity index (χ1n) is 11.7. The molecule has 2 aliphatic rings. The first-order chi connectivity index (χ1) is 15.8. The Labute approximate surface area is 199 Å². The Morgan fingerprint density at radius 2 is 2.00 bits per heavy atom. The Morgan fingerprint density at radius 1 is 1.24 bits per heavy atom. The van der Waals surface area contributed by atoms with Crippen LogP contribution in [-0.4, -0.2) is 59.0 Å². The number of hydrogen-bond acceptors (Lipinski definition) is 7. The minimum Gasteiger partial charge on any atom is -0.474 e. The zero-order chi connectivity index (χ0) is 23.6. The highest BCUT2D eigenvalue weighted by atomic mass is 32.1. The molecule has 0 N–H and O–H groups in total. The topological polar surface area (TPSA) is 73.8 Å². The molecule has 2 aromatic heterocycles. The van der Waals surface area contributed by atoms with Crippen LogP contribution in [0.5, 0.6) is 5.88 Å². The van der Waals surface area contributed by atoms with Gasteiger partial charge in [0, 0.05) is 23.9 Å². The number of ether oxygens (including phenoxy) is 3. The van der Waals surface area contributed by atoms with Gasteiger partial charge in [-0.2, -0.15) is 0 Å². The largest absolute Gasteiger partial charge is 0.474 e. The van der Waals surface area contributed by atoms with Crippen molar-refractivity contribution in [1.82, 2.24) is 14.9 Å². The second kappa shape index (κ2) is 9.86. The van der Waals surface area contributed by atoms with Gasteiger partial charge in [0.1, 0.15) is 29.5 Å². The molecule has 0 bridgehead atoms. The summed E-state index contributed by atoms with van der Waals surface area (Å²) in [6, 6.07) is 0.160. The summed E-state index contributed by atoms with van der Waals surface area (Å²) >= 11 is 1.73. The highest BCUT2D eigenvalue weighted by Crippen LogP contribution is 2.46. The van der Waals surface area contributed by atoms with Crippen LogP contribution < -0.4 is 4.74 Å². The zero-order valence-corrected chi connectivity index (χ0v) is 20.7. The van der Waals surface area contributed by atoms with Gasteiger partial charge in [-0.1, -0.05) is 5.92 Å². The van der Waals surface area contributed by atoms with Crippen LogP contribution in [0.2, 0.25) is 0 Å². The second-order valence-electron chi connectivity index (χ2n) is 9.89. The molecule has 178 valence electrons. The fourth-order valence-corrected chi connectivity index (χ4v) is 5.98. The lowest BCUT2D eigenvalue weighted by Gasteiger charge is -2.35. The summed E-state index contributed by atoms with van der Waals surface area (Å²) in [5.74, 6) is 3.51. The van der Waals surface area contributed by atoms with Crippen molar-refractivity contribution in [2.75, 3.05) is 20.3 Å². The fraction of sp³-hybridized carbons (Fsp3) is 0.640. The van der Waals surface area contributed by atoms with Gasteiger partial charge in [0.05, 0.1) is 12.0 Å². The van der Waals surface area contributed by atoms with E-state index >= 15 is 0 Å². The zero-order valence-electron chi connectivity index (χ0n) is 19.9. The Kier molecular flexibility index (Phi) is 7.10. The minimum absolute atomic E-state index is 0.0690. The molecule has 1 atom stereocenters. The van der Waals surface area contributed by atoms with Crippen LogP contribution in [0.3, 0.4) is 0 Å². The molecular weight excluding hydrogens is 438 g/mol. The van der Waals surface area contributed by atoms with Crippen LogP contribution in [0.25, 0.3) is 10.2 Å². The van der Waals surface area contributed by atoms with Crippen molar-refractivity contribution in [3.05, 3.63) is 16.8 Å². The quantitative estimate of drug-likeness (QED) is 0.439. The molecule has 0 unspecified atom stereocenters. The Morgan fingerprint density at radius 3 is 2.70 bits per heavy atom. The van der Waals surface area contributed by atoms with E-state index in [0.29, 0.717) is 25.0 Å². The Hall–Kier alpha value is -2.37. The van der Waals surface area contributed by atoms with E-state index < -0.39 is 5.60 Å². The van der Waals surface area contributed by atoms with Crippen molar-refractivity contribution < 1.29 is 19.0 Å². The Balaban J connectivity index is 1.42. The number of carbonyl (C=O) groups is 1. The van der Waals surface area contributed by atoms with Crippen molar-refractivity contribution in [2.45, 2.75) is 83.0 Å². The smallest absolute Gasteiger partial charge is 0.410 e. The summed E-state index contributed by atoms with van der Waals surface area (Å²) in [7, 11) is 1.82. The molecule has 4 rings (SSSR count). The number of aryl methyl sites for hydroxylation is 1. The van der Waals surface area contributed by atoms with Crippen molar-refractivity contribution in [1.29, 1.82) is 0 Å². The number of amides is 1. The first kappa shape index (κ1) is 23.8. The maximum absolute atomic E-state index is 12.4. The van der Waals surface area contributed by atoms with Crippen molar-refractivity contribution in [2.24, 2.45) is 0 Å². The summed E-state index contributed by atoms with van der Waals surface area (Å²) in [5, 5.41) is 1.04. The van der Waals surface area contributed by atoms with Crippen LogP contribution in [0, 0.1) is 12.3 Å². The van der Waals surface area contributed by atoms with E-state index in [4.69, 9.17) is 20.6 Å². The van der Waals surface area contributed by atoms with Gasteiger partial charge in [0.2, 0.25) is 5.88 Å². The van der Waals surface area contributed by atoms with Crippen LogP contribution in [0.15, 0.2) is 6.33 Å². The normalized spacial score (nSPS) is 22.6. The number of carbonyl (C=O) groups excluding carboxylic acids is 1. The minimum atomic E-state index is -0.492. The van der Waals surface area contributed by atoms with Crippen LogP contribution >= 0.6 is 11.3 Å². The van der Waals surface area contributed by atoms with Gasteiger partial charge < -0.3 is 19.1 Å². The number of terminal acetylenes is 1. The molecule has 2 heterocycles. The highest BCUT2D eigenvalue weighted by molar-refractivity contribution is 7.19. The van der Waals surface area contributed by atoms with E-state index in [1.807, 2.05) is 27.8 Å². The number of aromatic nitrogens is 2. The standard InChI is InChI=1S/C25H33N3O4S/c1-6-13-30-14-16-7-12-19-20(16)21-22(26-15-27-23(21)33-19)31-18-10-8-17(9-11-18)28(5)24(29)32-25(2,3)4/h1,15-18H,7-14H2,2-5H3/t16-,17?,18?/m1/s1. The number of hydrogen-bond donors (Lipinski definition) is 0. The van der Waals surface area contributed by atoms with Crippen molar-refractivity contribution in [3.63, 3.8) is 0 Å². The van der Waals surface area contributed by atoms with Crippen LogP contribution in [0.4, 0.5) is 4.79 Å². The molecule has 2 aliphatic carbocycles. The number of thiophene rings is 1. The molecule has 0 aromatic carbocycles. The SMILES string of the molecule is C#CCOC[C@H]1CCc2sc3ncnc(OC4CCC(N(C)C(=O)OC(C)(C)C)CC4)c3c21. The third kappa shape index (κ3) is 5.42. The lowest BCUT2D eigenvalue weighted by molar-refractivity contribution is 0.0137. The van der Waals surface area contributed by atoms with Gasteiger partial charge >= 0.3 is 6.09 Å². The molecule has 7 nitrogen and oxygen atoms in total. The van der Waals surface area contributed by atoms with Crippen LogP contribution in [0.1, 0.15) is 69.2 Å². The number of fused-ring (bicyclic) bond motifs is 3. The van der Waals surface area contributed by atoms with E-state index in [-0.39, 0.29) is 18.2 Å². The monoisotopic (exact) mass is 471 g/mol. The van der Waals surface area contributed by atoms with Gasteiger partial charge in [-0.05, 0) is 64.9 Å². The molecule has 2 aromatic rings. The third-order valence-corrected chi connectivity index (χ3v) is 7.52. The lowest BCUT2D eigenvalue weighted by Crippen LogP contribution is -2.43. The van der Waals surface area contributed by atoms with E-state index in [0.717, 1.165) is 48.7 Å². The molecular formula is C25H33N3O4S. The fourth-order valence-electron chi connectivity index (χ4n) is 4.75. The maximum atomic E-state index is 12.4. The predicted molar refractivity (Wildman–Crippen MR) is 129 cm³/mol. The lowest BCUT2D eigenvalue weighted by atomic mass is 9.92. The molecule has 1 amide bonds. The Bertz CT molecular complexity index is 1030. The van der Waals surface area contributed by atoms with Crippen molar-refractivity contribution >= 4 is 27.6 Å². The molecule has 0 spiro atoms. The first-order valence-corrected chi connectivity index (χ1v) is 12.5. The van der Waals surface area contributed by atoms with Gasteiger partial charge in [-0.15, -0.1) is 17.8 Å². The molecule has 1 saturated carbocycles. The summed E-state index contributed by atoms with van der Waals surface area (Å²) < 4.78 is 17.6. The number of rotatable bonds is 6. The highest BCUT2D eigenvalue weighted by Gasteiger charge is 2.33. The molecule has 0 aliphatic heterocycles. The molecule has 8 heteroatoms. The van der Waals surface area contributed by atoms with Crippen molar-refractivity contribution in [3.8, 4) is 18.2 Å². The molecule has 0 radical (unpaired) electrons. The molecule has 33 heavy (non-hydrogen) atoms. The van der Waals surface area contributed by atoms with Gasteiger partial charge in [0.15, 0.2) is 0 Å². The van der Waals surface area contributed by atoms with Gasteiger partial charge in [-0.25, -0.2) is 14.8 Å². The average Bonchev–Trinajstić information content (AvgIpc) is 3.33. The van der Waals surface area contributed by atoms with E-state index in [1.165, 1.54) is 10.4 Å². The summed E-state index contributed by atoms with van der Waals surface area (Å²) in [4.78, 5) is 25.5. The molecule has 0 saturated heterocycles. The van der Waals surface area contributed by atoms with Gasteiger partial charge in [-0.3, -0.25) is 0 Å². The average molecular weight is 472 g/mol. The maximum Gasteiger partial charge on any atom is 0.410 e. The van der Waals surface area contributed by atoms with Crippen LogP contribution in [-0.2, 0) is 15.9 Å².